The van der Waals surface area contributed by atoms with E-state index in [0.29, 0.717) is 0 Å². The smallest absolute Gasteiger partial charge is 0.0391 e. The second kappa shape index (κ2) is 13.4. The van der Waals surface area contributed by atoms with Gasteiger partial charge < -0.3 is 0 Å². The summed E-state index contributed by atoms with van der Waals surface area (Å²) in [6.45, 7) is 16.7. The van der Waals surface area contributed by atoms with Crippen LogP contribution in [0.1, 0.15) is 113 Å². The van der Waals surface area contributed by atoms with Crippen molar-refractivity contribution in [3.8, 4) is 0 Å². The Kier molecular flexibility index (Phi) is 13.4. The van der Waals surface area contributed by atoms with E-state index in [1.165, 1.54) is 64.2 Å². The average molecular weight is 311 g/mol. The molecule has 0 bridgehead atoms. The molecule has 0 saturated carbocycles. The highest BCUT2D eigenvalue weighted by molar-refractivity contribution is 4.66. The van der Waals surface area contributed by atoms with Crippen molar-refractivity contribution in [3.63, 3.8) is 0 Å². The Morgan fingerprint density at radius 2 is 1.00 bits per heavy atom. The van der Waals surface area contributed by atoms with E-state index in [9.17, 15) is 0 Å². The highest BCUT2D eigenvalue weighted by Crippen LogP contribution is 2.27. The minimum atomic E-state index is 0.869. The number of rotatable bonds is 14. The Hall–Kier alpha value is 0. The van der Waals surface area contributed by atoms with E-state index in [2.05, 4.69) is 48.5 Å². The fraction of sp³-hybridized carbons (Fsp3) is 1.00. The third-order valence-corrected chi connectivity index (χ3v) is 5.66. The maximum atomic E-state index is 2.47. The van der Waals surface area contributed by atoms with Crippen molar-refractivity contribution in [2.75, 3.05) is 0 Å². The SMILES string of the molecule is CCC(C)CCCC(CCCC(C)CCCC(C)C)C(C)C. The van der Waals surface area contributed by atoms with Crippen molar-refractivity contribution < 1.29 is 0 Å². The molecular weight excluding hydrogens is 264 g/mol. The predicted molar refractivity (Wildman–Crippen MR) is 103 cm³/mol. The van der Waals surface area contributed by atoms with Gasteiger partial charge in [-0.1, -0.05) is 113 Å². The molecule has 0 nitrogen and oxygen atoms in total. The fourth-order valence-electron chi connectivity index (χ4n) is 3.49. The van der Waals surface area contributed by atoms with E-state index in [-0.39, 0.29) is 0 Å². The molecule has 0 aromatic carbocycles. The van der Waals surface area contributed by atoms with Crippen LogP contribution in [0.5, 0.6) is 0 Å². The molecule has 0 aliphatic heterocycles. The van der Waals surface area contributed by atoms with Gasteiger partial charge >= 0.3 is 0 Å². The Balaban J connectivity index is 3.80. The molecule has 0 fully saturated rings. The van der Waals surface area contributed by atoms with Crippen LogP contribution in [0.3, 0.4) is 0 Å². The first kappa shape index (κ1) is 22.0. The van der Waals surface area contributed by atoms with Crippen molar-refractivity contribution in [3.05, 3.63) is 0 Å². The zero-order chi connectivity index (χ0) is 17.0. The maximum Gasteiger partial charge on any atom is -0.0391 e. The standard InChI is InChI=1S/C22H46/c1-8-20(6)13-10-16-22(19(4)5)17-11-15-21(7)14-9-12-18(2)3/h18-22H,8-17H2,1-7H3. The summed E-state index contributed by atoms with van der Waals surface area (Å²) in [4.78, 5) is 0. The normalized spacial score (nSPS) is 16.2. The first-order chi connectivity index (χ1) is 10.4. The fourth-order valence-corrected chi connectivity index (χ4v) is 3.49. The van der Waals surface area contributed by atoms with E-state index < -0.39 is 0 Å². The Morgan fingerprint density at radius 3 is 1.41 bits per heavy atom. The quantitative estimate of drug-likeness (QED) is 0.304. The molecule has 0 saturated heterocycles. The molecule has 0 aliphatic carbocycles. The summed E-state index contributed by atoms with van der Waals surface area (Å²) in [5.41, 5.74) is 0. The van der Waals surface area contributed by atoms with Crippen LogP contribution in [0, 0.1) is 29.6 Å². The summed E-state index contributed by atoms with van der Waals surface area (Å²) in [5, 5.41) is 0. The van der Waals surface area contributed by atoms with E-state index in [0.717, 1.165) is 29.6 Å². The molecule has 0 heterocycles. The Bertz CT molecular complexity index is 228. The predicted octanol–water partition coefficient (Wildman–Crippen LogP) is 8.11. The van der Waals surface area contributed by atoms with Crippen LogP contribution in [0.25, 0.3) is 0 Å². The van der Waals surface area contributed by atoms with Crippen LogP contribution in [0.2, 0.25) is 0 Å². The minimum Gasteiger partial charge on any atom is -0.0651 e. The summed E-state index contributed by atoms with van der Waals surface area (Å²) in [6, 6.07) is 0. The highest BCUT2D eigenvalue weighted by atomic mass is 14.2. The van der Waals surface area contributed by atoms with Crippen LogP contribution >= 0.6 is 0 Å². The topological polar surface area (TPSA) is 0 Å². The molecular formula is C22H46. The summed E-state index contributed by atoms with van der Waals surface area (Å²) in [6.07, 6.45) is 14.3. The summed E-state index contributed by atoms with van der Waals surface area (Å²) in [5.74, 6) is 4.57. The van der Waals surface area contributed by atoms with Gasteiger partial charge in [0.1, 0.15) is 0 Å². The summed E-state index contributed by atoms with van der Waals surface area (Å²) < 4.78 is 0. The molecule has 0 heteroatoms. The van der Waals surface area contributed by atoms with Crippen LogP contribution in [0.4, 0.5) is 0 Å². The second-order valence-electron chi connectivity index (χ2n) is 8.81. The molecule has 22 heavy (non-hydrogen) atoms. The Morgan fingerprint density at radius 1 is 0.545 bits per heavy atom. The lowest BCUT2D eigenvalue weighted by molar-refractivity contribution is 0.296. The molecule has 3 atom stereocenters. The Labute approximate surface area is 142 Å². The summed E-state index contributed by atoms with van der Waals surface area (Å²) in [7, 11) is 0. The number of hydrogen-bond acceptors (Lipinski definition) is 0. The lowest BCUT2D eigenvalue weighted by Crippen LogP contribution is -2.10. The maximum absolute atomic E-state index is 2.47. The van der Waals surface area contributed by atoms with E-state index in [1.54, 1.807) is 0 Å². The summed E-state index contributed by atoms with van der Waals surface area (Å²) >= 11 is 0. The van der Waals surface area contributed by atoms with Gasteiger partial charge in [0.25, 0.3) is 0 Å². The zero-order valence-corrected chi connectivity index (χ0v) is 17.0. The molecule has 0 radical (unpaired) electrons. The largest absolute Gasteiger partial charge is 0.0651 e. The third kappa shape index (κ3) is 12.5. The third-order valence-electron chi connectivity index (χ3n) is 5.66. The van der Waals surface area contributed by atoms with Crippen molar-refractivity contribution in [1.82, 2.24) is 0 Å². The number of hydrogen-bond donors (Lipinski definition) is 0. The molecule has 0 rings (SSSR count). The van der Waals surface area contributed by atoms with Crippen molar-refractivity contribution in [2.24, 2.45) is 29.6 Å². The van der Waals surface area contributed by atoms with Gasteiger partial charge in [-0.2, -0.15) is 0 Å². The molecule has 0 aliphatic rings. The second-order valence-corrected chi connectivity index (χ2v) is 8.81. The van der Waals surface area contributed by atoms with Gasteiger partial charge in [-0.05, 0) is 29.6 Å². The van der Waals surface area contributed by atoms with Crippen molar-refractivity contribution in [1.29, 1.82) is 0 Å². The first-order valence-corrected chi connectivity index (χ1v) is 10.4. The minimum absolute atomic E-state index is 0.869. The van der Waals surface area contributed by atoms with E-state index in [1.807, 2.05) is 0 Å². The zero-order valence-electron chi connectivity index (χ0n) is 17.0. The lowest BCUT2D eigenvalue weighted by atomic mass is 9.84. The van der Waals surface area contributed by atoms with Crippen LogP contribution < -0.4 is 0 Å². The average Bonchev–Trinajstić information content (AvgIpc) is 2.44. The van der Waals surface area contributed by atoms with Gasteiger partial charge in [-0.25, -0.2) is 0 Å². The van der Waals surface area contributed by atoms with Crippen molar-refractivity contribution >= 4 is 0 Å². The van der Waals surface area contributed by atoms with Gasteiger partial charge in [0, 0.05) is 0 Å². The molecule has 0 N–H and O–H groups in total. The molecule has 0 aromatic heterocycles. The van der Waals surface area contributed by atoms with Gasteiger partial charge in [0.2, 0.25) is 0 Å². The molecule has 0 amide bonds. The van der Waals surface area contributed by atoms with Gasteiger partial charge in [-0.3, -0.25) is 0 Å². The monoisotopic (exact) mass is 310 g/mol. The first-order valence-electron chi connectivity index (χ1n) is 10.4. The highest BCUT2D eigenvalue weighted by Gasteiger charge is 2.14. The molecule has 3 unspecified atom stereocenters. The van der Waals surface area contributed by atoms with E-state index in [4.69, 9.17) is 0 Å². The van der Waals surface area contributed by atoms with Gasteiger partial charge in [0.15, 0.2) is 0 Å². The van der Waals surface area contributed by atoms with Crippen molar-refractivity contribution in [2.45, 2.75) is 113 Å². The van der Waals surface area contributed by atoms with Crippen LogP contribution in [-0.4, -0.2) is 0 Å². The van der Waals surface area contributed by atoms with Gasteiger partial charge in [-0.15, -0.1) is 0 Å². The molecule has 0 spiro atoms. The molecule has 0 aromatic rings. The lowest BCUT2D eigenvalue weighted by Gasteiger charge is -2.22. The van der Waals surface area contributed by atoms with Crippen LogP contribution in [0.15, 0.2) is 0 Å². The van der Waals surface area contributed by atoms with E-state index >= 15 is 0 Å². The van der Waals surface area contributed by atoms with Gasteiger partial charge in [0.05, 0.1) is 0 Å². The van der Waals surface area contributed by atoms with Crippen LogP contribution in [-0.2, 0) is 0 Å². The molecule has 134 valence electrons.